The Morgan fingerprint density at radius 2 is 0.808 bits per heavy atom. The Morgan fingerprint density at radius 3 is 1.42 bits per heavy atom. The van der Waals surface area contributed by atoms with Gasteiger partial charge in [-0.2, -0.15) is 0 Å². The van der Waals surface area contributed by atoms with Crippen LogP contribution in [0.2, 0.25) is 0 Å². The van der Waals surface area contributed by atoms with Crippen LogP contribution in [0.15, 0.2) is 0 Å². The number of fused-ring (bicyclic) bond motifs is 6. The maximum Gasteiger partial charge on any atom is 0.00723 e. The molecule has 1 heterocycles. The van der Waals surface area contributed by atoms with Crippen LogP contribution < -0.4 is 5.32 Å². The first-order valence-corrected chi connectivity index (χ1v) is 12.7. The van der Waals surface area contributed by atoms with Gasteiger partial charge in [-0.05, 0) is 43.9 Å². The van der Waals surface area contributed by atoms with Crippen LogP contribution in [0, 0.1) is 11.8 Å². The van der Waals surface area contributed by atoms with Crippen molar-refractivity contribution in [3.8, 4) is 0 Å². The first-order chi connectivity index (χ1) is 12.9. The average molecular weight is 362 g/mol. The third kappa shape index (κ3) is 7.53. The zero-order chi connectivity index (χ0) is 17.9. The minimum absolute atomic E-state index is 0.830. The molecule has 1 nitrogen and oxygen atoms in total. The normalized spacial score (nSPS) is 36.9. The van der Waals surface area contributed by atoms with E-state index in [1.54, 1.807) is 6.42 Å². The standard InChI is InChI=1S/C25H47N/c1-2-4-9-13-17-24-20-19-22(15-11-7-3-1)23-16-12-8-5-6-10-14-18-25(21-23)26-24/h22-26H,1-21H2. The van der Waals surface area contributed by atoms with E-state index >= 15 is 0 Å². The van der Waals surface area contributed by atoms with Crippen molar-refractivity contribution in [3.05, 3.63) is 0 Å². The Kier molecular flexibility index (Phi) is 9.89. The molecule has 3 rings (SSSR count). The molecule has 4 bridgehead atoms. The maximum atomic E-state index is 4.19. The third-order valence-corrected chi connectivity index (χ3v) is 7.87. The van der Waals surface area contributed by atoms with Crippen molar-refractivity contribution in [3.63, 3.8) is 0 Å². The van der Waals surface area contributed by atoms with E-state index in [9.17, 15) is 0 Å². The van der Waals surface area contributed by atoms with Crippen molar-refractivity contribution in [2.45, 2.75) is 147 Å². The summed E-state index contributed by atoms with van der Waals surface area (Å²) >= 11 is 0. The van der Waals surface area contributed by atoms with Gasteiger partial charge in [0.1, 0.15) is 0 Å². The van der Waals surface area contributed by atoms with Crippen molar-refractivity contribution in [2.24, 2.45) is 11.8 Å². The first-order valence-electron chi connectivity index (χ1n) is 12.7. The average Bonchev–Trinajstić information content (AvgIpc) is 2.69. The molecule has 4 atom stereocenters. The highest BCUT2D eigenvalue weighted by Crippen LogP contribution is 2.36. The Morgan fingerprint density at radius 1 is 0.346 bits per heavy atom. The van der Waals surface area contributed by atoms with E-state index in [2.05, 4.69) is 5.32 Å². The summed E-state index contributed by atoms with van der Waals surface area (Å²) in [5.41, 5.74) is 0. The van der Waals surface area contributed by atoms with Gasteiger partial charge < -0.3 is 5.32 Å². The molecule has 0 aromatic carbocycles. The molecule has 4 unspecified atom stereocenters. The van der Waals surface area contributed by atoms with E-state index in [4.69, 9.17) is 0 Å². The Bertz CT molecular complexity index is 352. The quantitative estimate of drug-likeness (QED) is 0.464. The van der Waals surface area contributed by atoms with Gasteiger partial charge in [-0.1, -0.05) is 103 Å². The molecular formula is C25H47N. The topological polar surface area (TPSA) is 12.0 Å². The molecule has 2 saturated carbocycles. The highest BCUT2D eigenvalue weighted by Gasteiger charge is 2.29. The predicted molar refractivity (Wildman–Crippen MR) is 115 cm³/mol. The molecule has 0 radical (unpaired) electrons. The molecule has 3 fully saturated rings. The fourth-order valence-electron chi connectivity index (χ4n) is 6.22. The molecule has 2 aliphatic carbocycles. The summed E-state index contributed by atoms with van der Waals surface area (Å²) in [5.74, 6) is 2.07. The van der Waals surface area contributed by atoms with Gasteiger partial charge in [-0.3, -0.25) is 0 Å². The highest BCUT2D eigenvalue weighted by molar-refractivity contribution is 4.85. The summed E-state index contributed by atoms with van der Waals surface area (Å²) in [7, 11) is 0. The highest BCUT2D eigenvalue weighted by atomic mass is 15.0. The smallest absolute Gasteiger partial charge is 0.00723 e. The minimum atomic E-state index is 0.830. The van der Waals surface area contributed by atoms with Crippen LogP contribution in [0.5, 0.6) is 0 Å². The summed E-state index contributed by atoms with van der Waals surface area (Å²) in [6.45, 7) is 0. The number of nitrogens with one attached hydrogen (secondary N) is 1. The van der Waals surface area contributed by atoms with E-state index in [1.165, 1.54) is 128 Å². The van der Waals surface area contributed by atoms with Crippen molar-refractivity contribution in [1.82, 2.24) is 5.32 Å². The summed E-state index contributed by atoms with van der Waals surface area (Å²) in [6, 6.07) is 1.66. The van der Waals surface area contributed by atoms with Crippen LogP contribution in [0.1, 0.15) is 135 Å². The largest absolute Gasteiger partial charge is 0.311 e. The molecule has 3 aliphatic rings. The fourth-order valence-corrected chi connectivity index (χ4v) is 6.22. The lowest BCUT2D eigenvalue weighted by molar-refractivity contribution is 0.176. The lowest BCUT2D eigenvalue weighted by atomic mass is 9.75. The monoisotopic (exact) mass is 361 g/mol. The second-order valence-electron chi connectivity index (χ2n) is 10.00. The van der Waals surface area contributed by atoms with Crippen molar-refractivity contribution < 1.29 is 0 Å². The van der Waals surface area contributed by atoms with Gasteiger partial charge in [0.2, 0.25) is 0 Å². The summed E-state index contributed by atoms with van der Waals surface area (Å²) < 4.78 is 0. The summed E-state index contributed by atoms with van der Waals surface area (Å²) in [4.78, 5) is 0. The van der Waals surface area contributed by atoms with Gasteiger partial charge in [0.15, 0.2) is 0 Å². The van der Waals surface area contributed by atoms with Crippen LogP contribution in [0.4, 0.5) is 0 Å². The summed E-state index contributed by atoms with van der Waals surface area (Å²) in [5, 5.41) is 4.19. The lowest BCUT2D eigenvalue weighted by Crippen LogP contribution is -2.43. The number of hydrogen-bond acceptors (Lipinski definition) is 1. The second kappa shape index (κ2) is 12.4. The van der Waals surface area contributed by atoms with Crippen LogP contribution in [0.25, 0.3) is 0 Å². The zero-order valence-corrected chi connectivity index (χ0v) is 17.7. The molecular weight excluding hydrogens is 314 g/mol. The predicted octanol–water partition coefficient (Wildman–Crippen LogP) is 7.78. The molecule has 0 aromatic rings. The Labute approximate surface area is 164 Å². The van der Waals surface area contributed by atoms with Crippen molar-refractivity contribution >= 4 is 0 Å². The fraction of sp³-hybridized carbons (Fsp3) is 1.00. The molecule has 1 aliphatic heterocycles. The second-order valence-corrected chi connectivity index (χ2v) is 10.00. The Hall–Kier alpha value is -0.0400. The summed E-state index contributed by atoms with van der Waals surface area (Å²) in [6.07, 6.45) is 31.4. The van der Waals surface area contributed by atoms with Crippen LogP contribution >= 0.6 is 0 Å². The van der Waals surface area contributed by atoms with Gasteiger partial charge in [-0.25, -0.2) is 0 Å². The maximum absolute atomic E-state index is 4.19. The van der Waals surface area contributed by atoms with Crippen LogP contribution in [-0.4, -0.2) is 12.1 Å². The van der Waals surface area contributed by atoms with Crippen LogP contribution in [-0.2, 0) is 0 Å². The van der Waals surface area contributed by atoms with E-state index in [1.807, 2.05) is 0 Å². The van der Waals surface area contributed by atoms with E-state index < -0.39 is 0 Å². The first kappa shape index (κ1) is 20.7. The lowest BCUT2D eigenvalue weighted by Gasteiger charge is -2.37. The minimum Gasteiger partial charge on any atom is -0.311 e. The van der Waals surface area contributed by atoms with Gasteiger partial charge >= 0.3 is 0 Å². The van der Waals surface area contributed by atoms with Gasteiger partial charge in [-0.15, -0.1) is 0 Å². The molecule has 26 heavy (non-hydrogen) atoms. The Balaban J connectivity index is 1.66. The molecule has 1 N–H and O–H groups in total. The SMILES string of the molecule is C1CCCCCC2CCC(CCCC1)NC1CCCCCCCCC2C1. The van der Waals surface area contributed by atoms with Crippen molar-refractivity contribution in [1.29, 1.82) is 0 Å². The molecule has 0 aromatic heterocycles. The molecule has 0 amide bonds. The van der Waals surface area contributed by atoms with Gasteiger partial charge in [0, 0.05) is 12.1 Å². The van der Waals surface area contributed by atoms with Gasteiger partial charge in [0.05, 0.1) is 0 Å². The zero-order valence-electron chi connectivity index (χ0n) is 17.7. The third-order valence-electron chi connectivity index (χ3n) is 7.87. The van der Waals surface area contributed by atoms with E-state index in [0.29, 0.717) is 0 Å². The van der Waals surface area contributed by atoms with Crippen LogP contribution in [0.3, 0.4) is 0 Å². The molecule has 1 saturated heterocycles. The molecule has 1 heteroatoms. The number of rotatable bonds is 0. The van der Waals surface area contributed by atoms with E-state index in [-0.39, 0.29) is 0 Å². The number of hydrogen-bond donors (Lipinski definition) is 1. The molecule has 0 spiro atoms. The van der Waals surface area contributed by atoms with Crippen molar-refractivity contribution in [2.75, 3.05) is 0 Å². The van der Waals surface area contributed by atoms with Gasteiger partial charge in [0.25, 0.3) is 0 Å². The van der Waals surface area contributed by atoms with E-state index in [0.717, 1.165) is 23.9 Å². The molecule has 152 valence electrons.